The quantitative estimate of drug-likeness (QED) is 0.223. The fourth-order valence-electron chi connectivity index (χ4n) is 3.68. The van der Waals surface area contributed by atoms with E-state index < -0.39 is 0 Å². The number of aromatic nitrogens is 3. The molecule has 2 heterocycles. The fourth-order valence-corrected chi connectivity index (χ4v) is 4.22. The smallest absolute Gasteiger partial charge is 0.343 e. The SMILES string of the molecule is CCCCCCCCCCCCOC(=O)c1c(C)[nH]n2c(Br)c(CCCC)nc12. The van der Waals surface area contributed by atoms with Gasteiger partial charge in [-0.15, -0.1) is 0 Å². The second-order valence-corrected chi connectivity index (χ2v) is 8.79. The molecular formula is C23H38BrN3O2. The topological polar surface area (TPSA) is 59.4 Å². The normalized spacial score (nSPS) is 11.4. The molecule has 0 unspecified atom stereocenters. The Bertz CT molecular complexity index is 751. The Hall–Kier alpha value is -1.30. The zero-order valence-electron chi connectivity index (χ0n) is 18.5. The van der Waals surface area contributed by atoms with Crippen LogP contribution in [-0.4, -0.2) is 27.2 Å². The van der Waals surface area contributed by atoms with Crippen LogP contribution >= 0.6 is 15.9 Å². The third-order valence-corrected chi connectivity index (χ3v) is 6.28. The summed E-state index contributed by atoms with van der Waals surface area (Å²) in [5.41, 5.74) is 3.00. The molecule has 0 bridgehead atoms. The number of aromatic amines is 1. The maximum absolute atomic E-state index is 12.6. The third-order valence-electron chi connectivity index (χ3n) is 5.47. The van der Waals surface area contributed by atoms with Gasteiger partial charge in [0.25, 0.3) is 0 Å². The summed E-state index contributed by atoms with van der Waals surface area (Å²) in [4.78, 5) is 17.3. The van der Waals surface area contributed by atoms with Crippen molar-refractivity contribution in [2.45, 2.75) is 104 Å². The van der Waals surface area contributed by atoms with Gasteiger partial charge in [-0.1, -0.05) is 78.1 Å². The van der Waals surface area contributed by atoms with Crippen molar-refractivity contribution < 1.29 is 9.53 Å². The van der Waals surface area contributed by atoms with E-state index in [1.165, 1.54) is 51.4 Å². The molecule has 1 N–H and O–H groups in total. The number of nitrogens with zero attached hydrogens (tertiary/aromatic N) is 2. The summed E-state index contributed by atoms with van der Waals surface area (Å²) in [6.45, 7) is 6.79. The summed E-state index contributed by atoms with van der Waals surface area (Å²) in [5, 5.41) is 3.22. The van der Waals surface area contributed by atoms with Gasteiger partial charge in [-0.05, 0) is 42.1 Å². The lowest BCUT2D eigenvalue weighted by Crippen LogP contribution is -2.08. The maximum Gasteiger partial charge on any atom is 0.343 e. The highest BCUT2D eigenvalue weighted by molar-refractivity contribution is 9.10. The van der Waals surface area contributed by atoms with Crippen LogP contribution in [-0.2, 0) is 11.2 Å². The molecular weight excluding hydrogens is 430 g/mol. The van der Waals surface area contributed by atoms with Crippen molar-refractivity contribution in [2.75, 3.05) is 6.61 Å². The van der Waals surface area contributed by atoms with Crippen LogP contribution in [0, 0.1) is 6.92 Å². The molecule has 0 amide bonds. The number of fused-ring (bicyclic) bond motifs is 1. The van der Waals surface area contributed by atoms with E-state index in [4.69, 9.17) is 4.74 Å². The third kappa shape index (κ3) is 7.16. The monoisotopic (exact) mass is 467 g/mol. The molecule has 6 heteroatoms. The van der Waals surface area contributed by atoms with Crippen molar-refractivity contribution in [1.29, 1.82) is 0 Å². The summed E-state index contributed by atoms with van der Waals surface area (Å²) in [7, 11) is 0. The predicted molar refractivity (Wildman–Crippen MR) is 123 cm³/mol. The molecule has 2 rings (SSSR count). The summed E-state index contributed by atoms with van der Waals surface area (Å²) in [6, 6.07) is 0. The molecule has 29 heavy (non-hydrogen) atoms. The van der Waals surface area contributed by atoms with E-state index in [2.05, 4.69) is 39.9 Å². The Kier molecular flexibility index (Phi) is 10.8. The number of H-pyrrole nitrogens is 1. The summed E-state index contributed by atoms with van der Waals surface area (Å²) in [5.74, 6) is -0.274. The van der Waals surface area contributed by atoms with Crippen LogP contribution in [0.15, 0.2) is 4.60 Å². The highest BCUT2D eigenvalue weighted by Gasteiger charge is 2.22. The number of unbranched alkanes of at least 4 members (excludes halogenated alkanes) is 10. The molecule has 0 aliphatic carbocycles. The van der Waals surface area contributed by atoms with Crippen LogP contribution in [0.5, 0.6) is 0 Å². The predicted octanol–water partition coefficient (Wildman–Crippen LogP) is 7.15. The number of carbonyl (C=O) groups excluding carboxylic acids is 1. The lowest BCUT2D eigenvalue weighted by atomic mass is 10.1. The van der Waals surface area contributed by atoms with Gasteiger partial charge in [0.15, 0.2) is 5.65 Å². The number of nitrogens with one attached hydrogen (secondary N) is 1. The van der Waals surface area contributed by atoms with Crippen molar-refractivity contribution in [1.82, 2.24) is 14.6 Å². The van der Waals surface area contributed by atoms with E-state index in [0.29, 0.717) is 17.8 Å². The molecule has 2 aromatic rings. The van der Waals surface area contributed by atoms with Crippen molar-refractivity contribution >= 4 is 27.5 Å². The van der Waals surface area contributed by atoms with Crippen molar-refractivity contribution in [2.24, 2.45) is 0 Å². The lowest BCUT2D eigenvalue weighted by Gasteiger charge is -2.05. The first kappa shape index (κ1) is 24.0. The van der Waals surface area contributed by atoms with Gasteiger partial charge >= 0.3 is 5.97 Å². The second kappa shape index (κ2) is 13.1. The van der Waals surface area contributed by atoms with E-state index in [1.807, 2.05) is 11.4 Å². The number of halogens is 1. The molecule has 0 aromatic carbocycles. The van der Waals surface area contributed by atoms with Gasteiger partial charge < -0.3 is 4.74 Å². The number of rotatable bonds is 15. The van der Waals surface area contributed by atoms with Gasteiger partial charge in [-0.25, -0.2) is 14.3 Å². The minimum atomic E-state index is -0.274. The van der Waals surface area contributed by atoms with Gasteiger partial charge in [0.1, 0.15) is 10.2 Å². The minimum absolute atomic E-state index is 0.274. The van der Waals surface area contributed by atoms with Gasteiger partial charge in [-0.2, -0.15) is 0 Å². The van der Waals surface area contributed by atoms with Crippen LogP contribution in [0.4, 0.5) is 0 Å². The molecule has 0 saturated carbocycles. The van der Waals surface area contributed by atoms with Crippen LogP contribution in [0.1, 0.15) is 113 Å². The lowest BCUT2D eigenvalue weighted by molar-refractivity contribution is 0.0499. The summed E-state index contributed by atoms with van der Waals surface area (Å²) >= 11 is 3.61. The number of imidazole rings is 1. The number of ether oxygens (including phenoxy) is 1. The highest BCUT2D eigenvalue weighted by Crippen LogP contribution is 2.25. The zero-order valence-corrected chi connectivity index (χ0v) is 20.1. The van der Waals surface area contributed by atoms with E-state index in [-0.39, 0.29) is 5.97 Å². The minimum Gasteiger partial charge on any atom is -0.462 e. The molecule has 0 saturated heterocycles. The fraction of sp³-hybridized carbons (Fsp3) is 0.739. The molecule has 0 aliphatic rings. The standard InChI is InChI=1S/C23H38BrN3O2/c1-4-6-8-9-10-11-12-13-14-15-17-29-23(28)20-18(3)26-27-21(24)19(16-7-5-2)25-22(20)27/h26H,4-17H2,1-3H3. The highest BCUT2D eigenvalue weighted by atomic mass is 79.9. The van der Waals surface area contributed by atoms with Crippen molar-refractivity contribution in [3.63, 3.8) is 0 Å². The molecule has 5 nitrogen and oxygen atoms in total. The largest absolute Gasteiger partial charge is 0.462 e. The zero-order chi connectivity index (χ0) is 21.1. The second-order valence-electron chi connectivity index (χ2n) is 8.04. The Morgan fingerprint density at radius 2 is 1.55 bits per heavy atom. The van der Waals surface area contributed by atoms with Gasteiger partial charge in [-0.3, -0.25) is 5.10 Å². The Morgan fingerprint density at radius 3 is 2.17 bits per heavy atom. The van der Waals surface area contributed by atoms with E-state index in [0.717, 1.165) is 48.1 Å². The van der Waals surface area contributed by atoms with E-state index >= 15 is 0 Å². The molecule has 0 atom stereocenters. The van der Waals surface area contributed by atoms with Crippen LogP contribution in [0.25, 0.3) is 5.65 Å². The summed E-state index contributed by atoms with van der Waals surface area (Å²) < 4.78 is 8.30. The molecule has 164 valence electrons. The molecule has 2 aromatic heterocycles. The molecule has 0 aliphatic heterocycles. The van der Waals surface area contributed by atoms with Crippen molar-refractivity contribution in [3.8, 4) is 0 Å². The first-order chi connectivity index (χ1) is 14.1. The first-order valence-corrected chi connectivity index (χ1v) is 12.3. The Morgan fingerprint density at radius 1 is 0.966 bits per heavy atom. The molecule has 0 spiro atoms. The number of esters is 1. The maximum atomic E-state index is 12.6. The van der Waals surface area contributed by atoms with Gasteiger partial charge in [0, 0.05) is 5.69 Å². The molecule has 0 radical (unpaired) electrons. The van der Waals surface area contributed by atoms with Gasteiger partial charge in [0.2, 0.25) is 0 Å². The number of aryl methyl sites for hydroxylation is 2. The van der Waals surface area contributed by atoms with Crippen LogP contribution < -0.4 is 0 Å². The average molecular weight is 468 g/mol. The number of hydrogen-bond donors (Lipinski definition) is 1. The molecule has 0 fully saturated rings. The Labute approximate surface area is 184 Å². The van der Waals surface area contributed by atoms with Gasteiger partial charge in [0.05, 0.1) is 12.3 Å². The first-order valence-electron chi connectivity index (χ1n) is 11.5. The van der Waals surface area contributed by atoms with E-state index in [9.17, 15) is 4.79 Å². The van der Waals surface area contributed by atoms with Crippen LogP contribution in [0.2, 0.25) is 0 Å². The van der Waals surface area contributed by atoms with Crippen LogP contribution in [0.3, 0.4) is 0 Å². The number of carbonyl (C=O) groups is 1. The number of hydrogen-bond acceptors (Lipinski definition) is 3. The Balaban J connectivity index is 1.72. The van der Waals surface area contributed by atoms with E-state index in [1.54, 1.807) is 0 Å². The average Bonchev–Trinajstić information content (AvgIpc) is 3.18. The summed E-state index contributed by atoms with van der Waals surface area (Å²) in [6.07, 6.45) is 15.8. The van der Waals surface area contributed by atoms with Crippen molar-refractivity contribution in [3.05, 3.63) is 21.6 Å².